The van der Waals surface area contributed by atoms with E-state index in [2.05, 4.69) is 10.3 Å². The van der Waals surface area contributed by atoms with Crippen molar-refractivity contribution in [3.8, 4) is 22.4 Å². The maximum atomic E-state index is 13.2. The van der Waals surface area contributed by atoms with Gasteiger partial charge in [-0.05, 0) is 48.4 Å². The number of aromatic nitrogens is 3. The Morgan fingerprint density at radius 1 is 1.00 bits per heavy atom. The van der Waals surface area contributed by atoms with Gasteiger partial charge in [0, 0.05) is 31.0 Å². The lowest BCUT2D eigenvalue weighted by molar-refractivity contribution is 0.569. The zero-order chi connectivity index (χ0) is 14.9. The molecule has 0 saturated heterocycles. The summed E-state index contributed by atoms with van der Waals surface area (Å²) in [4.78, 5) is 4.08. The van der Waals surface area contributed by atoms with Crippen LogP contribution in [0.25, 0.3) is 22.4 Å². The molecular weight excluding hydrogens is 315 g/mol. The number of hydrogen-bond acceptors (Lipinski definition) is 3. The summed E-state index contributed by atoms with van der Waals surface area (Å²) in [5, 5.41) is 8.18. The number of benzene rings is 1. The SMILES string of the molecule is Cl.Fc1ccc(-c2nn3c(c2-c2ccncc2)NCCC3)cc1. The van der Waals surface area contributed by atoms with Gasteiger partial charge in [-0.25, -0.2) is 9.07 Å². The summed E-state index contributed by atoms with van der Waals surface area (Å²) >= 11 is 0. The lowest BCUT2D eigenvalue weighted by Crippen LogP contribution is -2.17. The van der Waals surface area contributed by atoms with Crippen molar-refractivity contribution in [2.24, 2.45) is 0 Å². The predicted octanol–water partition coefficient (Wildman–Crippen LogP) is 3.99. The molecule has 1 N–H and O–H groups in total. The van der Waals surface area contributed by atoms with Gasteiger partial charge in [0.05, 0.1) is 5.56 Å². The van der Waals surface area contributed by atoms with Crippen LogP contribution in [0.15, 0.2) is 48.8 Å². The summed E-state index contributed by atoms with van der Waals surface area (Å²) in [6.07, 6.45) is 4.60. The first kappa shape index (κ1) is 15.5. The van der Waals surface area contributed by atoms with E-state index in [0.717, 1.165) is 47.7 Å². The van der Waals surface area contributed by atoms with Gasteiger partial charge in [-0.3, -0.25) is 4.98 Å². The van der Waals surface area contributed by atoms with Crippen LogP contribution in [0.2, 0.25) is 0 Å². The summed E-state index contributed by atoms with van der Waals surface area (Å²) < 4.78 is 15.2. The van der Waals surface area contributed by atoms with E-state index in [1.807, 2.05) is 16.8 Å². The zero-order valence-electron chi connectivity index (χ0n) is 12.4. The van der Waals surface area contributed by atoms with Crippen LogP contribution in [0, 0.1) is 5.82 Å². The van der Waals surface area contributed by atoms with Gasteiger partial charge in [0.1, 0.15) is 17.3 Å². The molecule has 0 amide bonds. The molecule has 1 aliphatic rings. The second kappa shape index (κ2) is 6.38. The molecule has 0 aliphatic carbocycles. The summed E-state index contributed by atoms with van der Waals surface area (Å²) in [6, 6.07) is 10.4. The van der Waals surface area contributed by atoms with E-state index in [1.54, 1.807) is 24.5 Å². The number of pyridine rings is 1. The Morgan fingerprint density at radius 2 is 1.74 bits per heavy atom. The number of nitrogens with one attached hydrogen (secondary N) is 1. The largest absolute Gasteiger partial charge is 0.370 e. The van der Waals surface area contributed by atoms with Crippen LogP contribution in [-0.2, 0) is 6.54 Å². The van der Waals surface area contributed by atoms with Crippen LogP contribution in [0.1, 0.15) is 6.42 Å². The Balaban J connectivity index is 0.00000156. The molecule has 4 nitrogen and oxygen atoms in total. The topological polar surface area (TPSA) is 42.7 Å². The van der Waals surface area contributed by atoms with Crippen molar-refractivity contribution in [3.63, 3.8) is 0 Å². The van der Waals surface area contributed by atoms with E-state index in [9.17, 15) is 4.39 Å². The van der Waals surface area contributed by atoms with Crippen LogP contribution in [0.3, 0.4) is 0 Å². The van der Waals surface area contributed by atoms with E-state index in [0.29, 0.717) is 0 Å². The Kier molecular flexibility index (Phi) is 4.30. The fraction of sp³-hybridized carbons (Fsp3) is 0.176. The molecule has 6 heteroatoms. The Hall–Kier alpha value is -2.40. The maximum absolute atomic E-state index is 13.2. The minimum Gasteiger partial charge on any atom is -0.370 e. The molecule has 0 saturated carbocycles. The van der Waals surface area contributed by atoms with E-state index in [4.69, 9.17) is 5.10 Å². The molecule has 23 heavy (non-hydrogen) atoms. The molecule has 0 atom stereocenters. The normalized spacial score (nSPS) is 12.9. The summed E-state index contributed by atoms with van der Waals surface area (Å²) in [6.45, 7) is 1.83. The van der Waals surface area contributed by atoms with Crippen molar-refractivity contribution in [1.82, 2.24) is 14.8 Å². The number of rotatable bonds is 2. The van der Waals surface area contributed by atoms with E-state index >= 15 is 0 Å². The molecule has 2 aromatic heterocycles. The quantitative estimate of drug-likeness (QED) is 0.772. The number of anilines is 1. The minimum absolute atomic E-state index is 0. The smallest absolute Gasteiger partial charge is 0.132 e. The number of hydrogen-bond donors (Lipinski definition) is 1. The Morgan fingerprint density at radius 3 is 2.48 bits per heavy atom. The van der Waals surface area contributed by atoms with Gasteiger partial charge in [-0.2, -0.15) is 5.10 Å². The van der Waals surface area contributed by atoms with E-state index in [-0.39, 0.29) is 18.2 Å². The molecule has 3 heterocycles. The van der Waals surface area contributed by atoms with Crippen molar-refractivity contribution >= 4 is 18.2 Å². The van der Waals surface area contributed by atoms with Gasteiger partial charge < -0.3 is 5.32 Å². The average Bonchev–Trinajstić information content (AvgIpc) is 2.96. The lowest BCUT2D eigenvalue weighted by atomic mass is 10.0. The molecule has 0 fully saturated rings. The van der Waals surface area contributed by atoms with Crippen molar-refractivity contribution in [1.29, 1.82) is 0 Å². The first-order chi connectivity index (χ1) is 10.8. The molecule has 1 aromatic carbocycles. The van der Waals surface area contributed by atoms with Gasteiger partial charge in [0.2, 0.25) is 0 Å². The predicted molar refractivity (Wildman–Crippen MR) is 91.2 cm³/mol. The Bertz CT molecular complexity index is 799. The third-order valence-corrected chi connectivity index (χ3v) is 3.88. The summed E-state index contributed by atoms with van der Waals surface area (Å²) in [5.41, 5.74) is 3.89. The monoisotopic (exact) mass is 330 g/mol. The highest BCUT2D eigenvalue weighted by atomic mass is 35.5. The number of fused-ring (bicyclic) bond motifs is 1. The number of halogens is 2. The van der Waals surface area contributed by atoms with Gasteiger partial charge in [0.15, 0.2) is 0 Å². The first-order valence-electron chi connectivity index (χ1n) is 7.34. The third kappa shape index (κ3) is 2.80. The molecule has 0 radical (unpaired) electrons. The number of nitrogens with zero attached hydrogens (tertiary/aromatic N) is 3. The maximum Gasteiger partial charge on any atom is 0.132 e. The van der Waals surface area contributed by atoms with Gasteiger partial charge in [-0.1, -0.05) is 0 Å². The zero-order valence-corrected chi connectivity index (χ0v) is 13.2. The van der Waals surface area contributed by atoms with Crippen molar-refractivity contribution in [2.45, 2.75) is 13.0 Å². The molecular formula is C17H16ClFN4. The van der Waals surface area contributed by atoms with Gasteiger partial charge >= 0.3 is 0 Å². The summed E-state index contributed by atoms with van der Waals surface area (Å²) in [7, 11) is 0. The average molecular weight is 331 g/mol. The number of aryl methyl sites for hydroxylation is 1. The van der Waals surface area contributed by atoms with Crippen molar-refractivity contribution in [3.05, 3.63) is 54.6 Å². The second-order valence-corrected chi connectivity index (χ2v) is 5.32. The molecule has 4 rings (SSSR count). The van der Waals surface area contributed by atoms with E-state index < -0.39 is 0 Å². The van der Waals surface area contributed by atoms with Crippen molar-refractivity contribution < 1.29 is 4.39 Å². The van der Waals surface area contributed by atoms with Crippen LogP contribution >= 0.6 is 12.4 Å². The highest BCUT2D eigenvalue weighted by Gasteiger charge is 2.22. The molecule has 0 unspecified atom stereocenters. The minimum atomic E-state index is -0.240. The van der Waals surface area contributed by atoms with Gasteiger partial charge in [-0.15, -0.1) is 12.4 Å². The second-order valence-electron chi connectivity index (χ2n) is 5.32. The Labute approximate surface area is 139 Å². The molecule has 118 valence electrons. The molecule has 3 aromatic rings. The van der Waals surface area contributed by atoms with Crippen molar-refractivity contribution in [2.75, 3.05) is 11.9 Å². The van der Waals surface area contributed by atoms with E-state index in [1.165, 1.54) is 12.1 Å². The van der Waals surface area contributed by atoms with Crippen LogP contribution < -0.4 is 5.32 Å². The fourth-order valence-electron chi connectivity index (χ4n) is 2.84. The standard InChI is InChI=1S/C17H15FN4.ClH/c18-14-4-2-13(3-5-14)16-15(12-6-9-19-10-7-12)17-20-8-1-11-22(17)21-16;/h2-7,9-10,20H,1,8,11H2;1H. The van der Waals surface area contributed by atoms with Crippen LogP contribution in [-0.4, -0.2) is 21.3 Å². The third-order valence-electron chi connectivity index (χ3n) is 3.88. The highest BCUT2D eigenvalue weighted by molar-refractivity contribution is 5.89. The first-order valence-corrected chi connectivity index (χ1v) is 7.34. The lowest BCUT2D eigenvalue weighted by Gasteiger charge is -2.16. The van der Waals surface area contributed by atoms with Crippen LogP contribution in [0.5, 0.6) is 0 Å². The highest BCUT2D eigenvalue weighted by Crippen LogP contribution is 2.38. The summed E-state index contributed by atoms with van der Waals surface area (Å²) in [5.74, 6) is 0.785. The molecule has 0 spiro atoms. The molecule has 1 aliphatic heterocycles. The fourth-order valence-corrected chi connectivity index (χ4v) is 2.84. The van der Waals surface area contributed by atoms with Crippen LogP contribution in [0.4, 0.5) is 10.2 Å². The molecule has 0 bridgehead atoms. The van der Waals surface area contributed by atoms with Gasteiger partial charge in [0.25, 0.3) is 0 Å².